The van der Waals surface area contributed by atoms with Gasteiger partial charge in [0.2, 0.25) is 0 Å². The molecule has 14 heavy (non-hydrogen) atoms. The number of rotatable bonds is 3. The van der Waals surface area contributed by atoms with Crippen LogP contribution in [0.1, 0.15) is 39.0 Å². The van der Waals surface area contributed by atoms with Crippen LogP contribution >= 0.6 is 0 Å². The van der Waals surface area contributed by atoms with Gasteiger partial charge in [-0.2, -0.15) is 5.26 Å². The van der Waals surface area contributed by atoms with E-state index in [0.29, 0.717) is 18.0 Å². The van der Waals surface area contributed by atoms with Gasteiger partial charge in [-0.25, -0.2) is 0 Å². The van der Waals surface area contributed by atoms with Gasteiger partial charge in [0, 0.05) is 12.1 Å². The van der Waals surface area contributed by atoms with Crippen molar-refractivity contribution in [3.63, 3.8) is 0 Å². The van der Waals surface area contributed by atoms with E-state index in [-0.39, 0.29) is 0 Å². The lowest BCUT2D eigenvalue weighted by atomic mass is 10.0. The van der Waals surface area contributed by atoms with Crippen molar-refractivity contribution in [3.05, 3.63) is 0 Å². The Bertz CT molecular complexity index is 239. The average Bonchev–Trinajstić information content (AvgIpc) is 2.94. The first-order valence-corrected chi connectivity index (χ1v) is 5.85. The Labute approximate surface area is 86.9 Å². The molecule has 2 aliphatic carbocycles. The Morgan fingerprint density at radius 2 is 2.00 bits per heavy atom. The molecule has 0 bridgehead atoms. The fraction of sp³-hybridized carbons (Fsp3) is 0.917. The summed E-state index contributed by atoms with van der Waals surface area (Å²) in [6.45, 7) is 2.32. The van der Waals surface area contributed by atoms with Crippen molar-refractivity contribution in [2.75, 3.05) is 7.05 Å². The highest BCUT2D eigenvalue weighted by Gasteiger charge is 2.37. The average molecular weight is 192 g/mol. The van der Waals surface area contributed by atoms with Crippen molar-refractivity contribution in [3.8, 4) is 6.07 Å². The number of hydrogen-bond acceptors (Lipinski definition) is 2. The molecule has 3 atom stereocenters. The molecule has 2 rings (SSSR count). The molecule has 0 aromatic heterocycles. The van der Waals surface area contributed by atoms with E-state index in [1.54, 1.807) is 0 Å². The summed E-state index contributed by atoms with van der Waals surface area (Å²) in [5.41, 5.74) is 0. The third-order valence-corrected chi connectivity index (χ3v) is 4.12. The van der Waals surface area contributed by atoms with Gasteiger partial charge in [0.05, 0.1) is 12.0 Å². The van der Waals surface area contributed by atoms with Crippen LogP contribution in [-0.2, 0) is 0 Å². The molecule has 2 heteroatoms. The first kappa shape index (κ1) is 9.98. The van der Waals surface area contributed by atoms with Gasteiger partial charge in [-0.15, -0.1) is 0 Å². The van der Waals surface area contributed by atoms with Gasteiger partial charge in [-0.3, -0.25) is 4.90 Å². The summed E-state index contributed by atoms with van der Waals surface area (Å²) in [5, 5.41) is 9.04. The van der Waals surface area contributed by atoms with E-state index in [2.05, 4.69) is 24.9 Å². The molecule has 0 heterocycles. The summed E-state index contributed by atoms with van der Waals surface area (Å²) in [5.74, 6) is 1.21. The summed E-state index contributed by atoms with van der Waals surface area (Å²) in [6, 6.07) is 3.69. The normalized spacial score (nSPS) is 34.4. The lowest BCUT2D eigenvalue weighted by Crippen LogP contribution is -2.41. The zero-order valence-electron chi connectivity index (χ0n) is 9.24. The number of nitriles is 1. The van der Waals surface area contributed by atoms with Crippen molar-refractivity contribution >= 4 is 0 Å². The quantitative estimate of drug-likeness (QED) is 0.686. The minimum atomic E-state index is 0.293. The van der Waals surface area contributed by atoms with E-state index in [0.717, 1.165) is 12.3 Å². The van der Waals surface area contributed by atoms with Crippen molar-refractivity contribution in [1.82, 2.24) is 4.90 Å². The van der Waals surface area contributed by atoms with E-state index in [1.165, 1.54) is 25.7 Å². The molecule has 2 aliphatic rings. The van der Waals surface area contributed by atoms with Gasteiger partial charge in [-0.05, 0) is 45.6 Å². The number of hydrogen-bond donors (Lipinski definition) is 0. The van der Waals surface area contributed by atoms with Crippen LogP contribution in [0.25, 0.3) is 0 Å². The molecule has 2 fully saturated rings. The standard InChI is InChI=1S/C12H20N2/c1-9(10-6-7-10)14(2)12-5-3-4-11(12)8-13/h9-12H,3-7H2,1-2H3. The molecular weight excluding hydrogens is 172 g/mol. The predicted molar refractivity (Wildman–Crippen MR) is 56.7 cm³/mol. The van der Waals surface area contributed by atoms with E-state index in [4.69, 9.17) is 5.26 Å². The molecule has 0 aromatic carbocycles. The predicted octanol–water partition coefficient (Wildman–Crippen LogP) is 2.41. The smallest absolute Gasteiger partial charge is 0.0672 e. The molecule has 2 saturated carbocycles. The molecule has 0 saturated heterocycles. The van der Waals surface area contributed by atoms with E-state index >= 15 is 0 Å². The van der Waals surface area contributed by atoms with Crippen molar-refractivity contribution in [1.29, 1.82) is 5.26 Å². The Balaban J connectivity index is 1.95. The first-order valence-electron chi connectivity index (χ1n) is 5.85. The van der Waals surface area contributed by atoms with Gasteiger partial charge >= 0.3 is 0 Å². The molecule has 0 aromatic rings. The van der Waals surface area contributed by atoms with Gasteiger partial charge in [0.25, 0.3) is 0 Å². The summed E-state index contributed by atoms with van der Waals surface area (Å²) < 4.78 is 0. The Hall–Kier alpha value is -0.550. The van der Waals surface area contributed by atoms with Crippen LogP contribution < -0.4 is 0 Å². The van der Waals surface area contributed by atoms with E-state index in [1.807, 2.05) is 0 Å². The molecule has 0 spiro atoms. The monoisotopic (exact) mass is 192 g/mol. The van der Waals surface area contributed by atoms with Crippen LogP contribution in [0.4, 0.5) is 0 Å². The van der Waals surface area contributed by atoms with E-state index < -0.39 is 0 Å². The van der Waals surface area contributed by atoms with Crippen LogP contribution in [0.15, 0.2) is 0 Å². The highest BCUT2D eigenvalue weighted by atomic mass is 15.2. The highest BCUT2D eigenvalue weighted by molar-refractivity contribution is 4.99. The summed E-state index contributed by atoms with van der Waals surface area (Å²) in [6.07, 6.45) is 6.38. The molecule has 2 nitrogen and oxygen atoms in total. The second-order valence-corrected chi connectivity index (χ2v) is 4.98. The zero-order chi connectivity index (χ0) is 10.1. The molecular formula is C12H20N2. The largest absolute Gasteiger partial charge is 0.299 e. The van der Waals surface area contributed by atoms with Crippen molar-refractivity contribution in [2.45, 2.75) is 51.1 Å². The van der Waals surface area contributed by atoms with Crippen LogP contribution in [0.3, 0.4) is 0 Å². The Morgan fingerprint density at radius 1 is 1.29 bits per heavy atom. The first-order chi connectivity index (χ1) is 6.74. The molecule has 0 radical (unpaired) electrons. The topological polar surface area (TPSA) is 27.0 Å². The van der Waals surface area contributed by atoms with E-state index in [9.17, 15) is 0 Å². The zero-order valence-corrected chi connectivity index (χ0v) is 9.24. The fourth-order valence-corrected chi connectivity index (χ4v) is 2.79. The maximum Gasteiger partial charge on any atom is 0.0672 e. The van der Waals surface area contributed by atoms with Crippen molar-refractivity contribution < 1.29 is 0 Å². The molecule has 0 N–H and O–H groups in total. The van der Waals surface area contributed by atoms with Gasteiger partial charge < -0.3 is 0 Å². The maximum absolute atomic E-state index is 9.04. The Kier molecular flexibility index (Phi) is 2.78. The fourth-order valence-electron chi connectivity index (χ4n) is 2.79. The summed E-state index contributed by atoms with van der Waals surface area (Å²) in [4.78, 5) is 2.47. The third-order valence-electron chi connectivity index (χ3n) is 4.12. The molecule has 0 amide bonds. The SMILES string of the molecule is CC(C1CC1)N(C)C1CCCC1C#N. The summed E-state index contributed by atoms with van der Waals surface area (Å²) >= 11 is 0. The minimum Gasteiger partial charge on any atom is -0.299 e. The van der Waals surface area contributed by atoms with Gasteiger partial charge in [0.15, 0.2) is 0 Å². The second kappa shape index (κ2) is 3.90. The van der Waals surface area contributed by atoms with Crippen molar-refractivity contribution in [2.24, 2.45) is 11.8 Å². The summed E-state index contributed by atoms with van der Waals surface area (Å²) in [7, 11) is 2.21. The maximum atomic E-state index is 9.04. The molecule has 0 aliphatic heterocycles. The second-order valence-electron chi connectivity index (χ2n) is 4.98. The Morgan fingerprint density at radius 3 is 2.57 bits per heavy atom. The van der Waals surface area contributed by atoms with Crippen LogP contribution in [-0.4, -0.2) is 24.0 Å². The van der Waals surface area contributed by atoms with Crippen LogP contribution in [0.2, 0.25) is 0 Å². The lowest BCUT2D eigenvalue weighted by molar-refractivity contribution is 0.151. The van der Waals surface area contributed by atoms with Gasteiger partial charge in [0.1, 0.15) is 0 Å². The molecule has 3 unspecified atom stereocenters. The van der Waals surface area contributed by atoms with Crippen LogP contribution in [0, 0.1) is 23.2 Å². The highest BCUT2D eigenvalue weighted by Crippen LogP contribution is 2.38. The van der Waals surface area contributed by atoms with Crippen LogP contribution in [0.5, 0.6) is 0 Å². The third kappa shape index (κ3) is 1.79. The van der Waals surface area contributed by atoms with Gasteiger partial charge in [-0.1, -0.05) is 6.42 Å². The molecule has 78 valence electrons. The minimum absolute atomic E-state index is 0.293. The lowest BCUT2D eigenvalue weighted by Gasteiger charge is -2.32. The number of nitrogens with zero attached hydrogens (tertiary/aromatic N) is 2.